The highest BCUT2D eigenvalue weighted by molar-refractivity contribution is 5.38. The van der Waals surface area contributed by atoms with E-state index in [0.29, 0.717) is 6.61 Å². The Labute approximate surface area is 121 Å². The summed E-state index contributed by atoms with van der Waals surface area (Å²) in [6.07, 6.45) is 0.168. The van der Waals surface area contributed by atoms with E-state index in [2.05, 4.69) is 19.1 Å². The van der Waals surface area contributed by atoms with E-state index in [9.17, 15) is 0 Å². The van der Waals surface area contributed by atoms with Crippen LogP contribution in [0.25, 0.3) is 0 Å². The second-order valence-corrected chi connectivity index (χ2v) is 5.36. The summed E-state index contributed by atoms with van der Waals surface area (Å²) in [4.78, 5) is 0. The van der Waals surface area contributed by atoms with Gasteiger partial charge in [-0.2, -0.15) is 0 Å². The van der Waals surface area contributed by atoms with E-state index in [-0.39, 0.29) is 6.10 Å². The van der Waals surface area contributed by atoms with Gasteiger partial charge in [0.2, 0.25) is 0 Å². The molecule has 0 aliphatic rings. The maximum absolute atomic E-state index is 5.90. The van der Waals surface area contributed by atoms with E-state index in [4.69, 9.17) is 9.47 Å². The molecular formula is C18H22O2. The van der Waals surface area contributed by atoms with Crippen molar-refractivity contribution < 1.29 is 9.47 Å². The predicted molar refractivity (Wildman–Crippen MR) is 82.5 cm³/mol. The van der Waals surface area contributed by atoms with Crippen LogP contribution in [0.5, 0.6) is 11.5 Å². The van der Waals surface area contributed by atoms with Crippen LogP contribution >= 0.6 is 0 Å². The quantitative estimate of drug-likeness (QED) is 0.786. The Morgan fingerprint density at radius 1 is 0.950 bits per heavy atom. The smallest absolute Gasteiger partial charge is 0.123 e. The fourth-order valence-electron chi connectivity index (χ4n) is 2.07. The highest BCUT2D eigenvalue weighted by atomic mass is 16.5. The molecular weight excluding hydrogens is 248 g/mol. The first kappa shape index (κ1) is 14.4. The minimum atomic E-state index is 0.168. The summed E-state index contributed by atoms with van der Waals surface area (Å²) in [6, 6.07) is 14.3. The van der Waals surface area contributed by atoms with Gasteiger partial charge in [0.15, 0.2) is 0 Å². The lowest BCUT2D eigenvalue weighted by Crippen LogP contribution is -2.06. The van der Waals surface area contributed by atoms with Gasteiger partial charge in [-0.1, -0.05) is 24.3 Å². The molecule has 0 N–H and O–H groups in total. The average Bonchev–Trinajstić information content (AvgIpc) is 2.36. The monoisotopic (exact) mass is 270 g/mol. The lowest BCUT2D eigenvalue weighted by molar-refractivity contribution is 0.239. The molecule has 0 saturated carbocycles. The highest BCUT2D eigenvalue weighted by Crippen LogP contribution is 2.24. The third-order valence-corrected chi connectivity index (χ3v) is 3.05. The molecule has 0 fully saturated rings. The van der Waals surface area contributed by atoms with Gasteiger partial charge in [0.05, 0.1) is 6.10 Å². The van der Waals surface area contributed by atoms with Crippen molar-refractivity contribution in [3.63, 3.8) is 0 Å². The van der Waals surface area contributed by atoms with Gasteiger partial charge < -0.3 is 9.47 Å². The molecule has 0 spiro atoms. The van der Waals surface area contributed by atoms with Crippen LogP contribution in [0.1, 0.15) is 30.5 Å². The van der Waals surface area contributed by atoms with Crippen molar-refractivity contribution in [2.45, 2.75) is 40.4 Å². The molecule has 0 aromatic heterocycles. The van der Waals surface area contributed by atoms with Crippen molar-refractivity contribution in [3.05, 3.63) is 59.2 Å². The summed E-state index contributed by atoms with van der Waals surface area (Å²) in [5.41, 5.74) is 3.60. The predicted octanol–water partition coefficient (Wildman–Crippen LogP) is 4.67. The van der Waals surface area contributed by atoms with Crippen molar-refractivity contribution in [1.82, 2.24) is 0 Å². The van der Waals surface area contributed by atoms with E-state index in [1.54, 1.807) is 0 Å². The van der Waals surface area contributed by atoms with Crippen LogP contribution in [0.2, 0.25) is 0 Å². The topological polar surface area (TPSA) is 18.5 Å². The van der Waals surface area contributed by atoms with Gasteiger partial charge >= 0.3 is 0 Å². The molecule has 106 valence electrons. The number of aryl methyl sites for hydroxylation is 2. The van der Waals surface area contributed by atoms with Crippen molar-refractivity contribution in [1.29, 1.82) is 0 Å². The summed E-state index contributed by atoms with van der Waals surface area (Å²) in [7, 11) is 0. The SMILES string of the molecule is Cc1cc(OCc2ccccc2C)cc(OC(C)C)c1. The summed E-state index contributed by atoms with van der Waals surface area (Å²) >= 11 is 0. The Hall–Kier alpha value is -1.96. The molecule has 0 aliphatic heterocycles. The van der Waals surface area contributed by atoms with E-state index in [0.717, 1.165) is 17.1 Å². The van der Waals surface area contributed by atoms with E-state index >= 15 is 0 Å². The molecule has 0 unspecified atom stereocenters. The molecule has 0 bridgehead atoms. The maximum Gasteiger partial charge on any atom is 0.123 e. The first-order chi connectivity index (χ1) is 9.54. The fraction of sp³-hybridized carbons (Fsp3) is 0.333. The van der Waals surface area contributed by atoms with E-state index in [1.807, 2.05) is 51.1 Å². The Balaban J connectivity index is 2.09. The summed E-state index contributed by atoms with van der Waals surface area (Å²) in [5.74, 6) is 1.71. The molecule has 2 aromatic rings. The standard InChI is InChI=1S/C18H22O2/c1-13(2)20-18-10-14(3)9-17(11-18)19-12-16-8-6-5-7-15(16)4/h5-11,13H,12H2,1-4H3. The molecule has 2 aromatic carbocycles. The molecule has 0 atom stereocenters. The third kappa shape index (κ3) is 4.02. The van der Waals surface area contributed by atoms with Crippen LogP contribution in [0.15, 0.2) is 42.5 Å². The molecule has 0 radical (unpaired) electrons. The molecule has 20 heavy (non-hydrogen) atoms. The van der Waals surface area contributed by atoms with Crippen LogP contribution < -0.4 is 9.47 Å². The van der Waals surface area contributed by atoms with Crippen molar-refractivity contribution in [2.75, 3.05) is 0 Å². The normalized spacial score (nSPS) is 10.7. The zero-order valence-electron chi connectivity index (χ0n) is 12.6. The second kappa shape index (κ2) is 6.47. The molecule has 0 aliphatic carbocycles. The lowest BCUT2D eigenvalue weighted by atomic mass is 10.1. The van der Waals surface area contributed by atoms with Gasteiger partial charge in [-0.15, -0.1) is 0 Å². The van der Waals surface area contributed by atoms with E-state index < -0.39 is 0 Å². The summed E-state index contributed by atoms with van der Waals surface area (Å²) < 4.78 is 11.6. The highest BCUT2D eigenvalue weighted by Gasteiger charge is 2.04. The number of hydrogen-bond acceptors (Lipinski definition) is 2. The average molecular weight is 270 g/mol. The van der Waals surface area contributed by atoms with Crippen LogP contribution in [-0.4, -0.2) is 6.10 Å². The molecule has 0 saturated heterocycles. The Bertz CT molecular complexity index is 573. The van der Waals surface area contributed by atoms with Gasteiger partial charge in [-0.3, -0.25) is 0 Å². The van der Waals surface area contributed by atoms with Crippen LogP contribution in [-0.2, 0) is 6.61 Å². The second-order valence-electron chi connectivity index (χ2n) is 5.36. The van der Waals surface area contributed by atoms with Gasteiger partial charge in [0.1, 0.15) is 18.1 Å². The van der Waals surface area contributed by atoms with Gasteiger partial charge in [0, 0.05) is 6.07 Å². The Morgan fingerprint density at radius 2 is 1.65 bits per heavy atom. The first-order valence-corrected chi connectivity index (χ1v) is 7.00. The first-order valence-electron chi connectivity index (χ1n) is 7.00. The van der Waals surface area contributed by atoms with Crippen molar-refractivity contribution >= 4 is 0 Å². The van der Waals surface area contributed by atoms with Gasteiger partial charge in [-0.05, 0) is 56.5 Å². The van der Waals surface area contributed by atoms with Crippen LogP contribution in [0, 0.1) is 13.8 Å². The van der Waals surface area contributed by atoms with Crippen molar-refractivity contribution in [2.24, 2.45) is 0 Å². The minimum Gasteiger partial charge on any atom is -0.491 e. The number of benzene rings is 2. The number of hydrogen-bond donors (Lipinski definition) is 0. The van der Waals surface area contributed by atoms with Gasteiger partial charge in [-0.25, -0.2) is 0 Å². The van der Waals surface area contributed by atoms with Crippen LogP contribution in [0.3, 0.4) is 0 Å². The number of ether oxygens (including phenoxy) is 2. The number of rotatable bonds is 5. The lowest BCUT2D eigenvalue weighted by Gasteiger charge is -2.13. The maximum atomic E-state index is 5.90. The molecule has 2 rings (SSSR count). The Morgan fingerprint density at radius 3 is 2.35 bits per heavy atom. The minimum absolute atomic E-state index is 0.168. The zero-order valence-corrected chi connectivity index (χ0v) is 12.6. The van der Waals surface area contributed by atoms with E-state index in [1.165, 1.54) is 11.1 Å². The molecule has 2 nitrogen and oxygen atoms in total. The van der Waals surface area contributed by atoms with Gasteiger partial charge in [0.25, 0.3) is 0 Å². The summed E-state index contributed by atoms with van der Waals surface area (Å²) in [6.45, 7) is 8.78. The zero-order chi connectivity index (χ0) is 14.5. The van der Waals surface area contributed by atoms with Crippen molar-refractivity contribution in [3.8, 4) is 11.5 Å². The molecule has 0 amide bonds. The fourth-order valence-corrected chi connectivity index (χ4v) is 2.07. The third-order valence-electron chi connectivity index (χ3n) is 3.05. The van der Waals surface area contributed by atoms with Crippen LogP contribution in [0.4, 0.5) is 0 Å². The molecule has 2 heteroatoms. The molecule has 0 heterocycles. The largest absolute Gasteiger partial charge is 0.491 e. The summed E-state index contributed by atoms with van der Waals surface area (Å²) in [5, 5.41) is 0. The Kier molecular flexibility index (Phi) is 4.67.